The minimum Gasteiger partial charge on any atom is -0.378 e. The molecule has 1 saturated heterocycles. The number of carbonyl (C=O) groups is 1. The van der Waals surface area contributed by atoms with E-state index in [4.69, 9.17) is 14.7 Å². The van der Waals surface area contributed by atoms with Crippen LogP contribution in [-0.4, -0.2) is 51.8 Å². The number of nitrogens with zero attached hydrogens (tertiary/aromatic N) is 5. The second-order valence-electron chi connectivity index (χ2n) is 7.26. The molecule has 0 bridgehead atoms. The molecule has 7 nitrogen and oxygen atoms in total. The Morgan fingerprint density at radius 1 is 1.03 bits per heavy atom. The molecule has 2 aromatic carbocycles. The molecule has 4 aromatic rings. The average molecular weight is 411 g/mol. The Labute approximate surface area is 179 Å². The maximum absolute atomic E-state index is 12.2. The van der Waals surface area contributed by atoms with Crippen LogP contribution in [0.1, 0.15) is 10.4 Å². The molecule has 1 fully saturated rings. The zero-order valence-corrected chi connectivity index (χ0v) is 16.9. The first-order chi connectivity index (χ1) is 15.2. The molecular weight excluding hydrogens is 390 g/mol. The van der Waals surface area contributed by atoms with Gasteiger partial charge in [0.05, 0.1) is 24.4 Å². The number of ketones is 1. The third kappa shape index (κ3) is 3.71. The molecular formula is C24H21N5O2. The lowest BCUT2D eigenvalue weighted by Gasteiger charge is -2.29. The van der Waals surface area contributed by atoms with E-state index in [1.165, 1.54) is 6.08 Å². The number of hydrogen-bond donors (Lipinski definition) is 0. The van der Waals surface area contributed by atoms with Gasteiger partial charge in [-0.2, -0.15) is 10.1 Å². The van der Waals surface area contributed by atoms with Gasteiger partial charge in [-0.05, 0) is 24.3 Å². The van der Waals surface area contributed by atoms with Crippen molar-refractivity contribution in [3.8, 4) is 17.2 Å². The molecule has 31 heavy (non-hydrogen) atoms. The van der Waals surface area contributed by atoms with Gasteiger partial charge in [0.1, 0.15) is 5.82 Å². The van der Waals surface area contributed by atoms with Gasteiger partial charge in [-0.1, -0.05) is 43.0 Å². The van der Waals surface area contributed by atoms with E-state index in [-0.39, 0.29) is 5.78 Å². The molecule has 0 N–H and O–H groups in total. The number of allylic oxidation sites excluding steroid dienone is 1. The summed E-state index contributed by atoms with van der Waals surface area (Å²) in [5.74, 6) is 1.14. The van der Waals surface area contributed by atoms with E-state index in [9.17, 15) is 4.79 Å². The molecule has 5 rings (SSSR count). The highest BCUT2D eigenvalue weighted by Gasteiger charge is 2.19. The first kappa shape index (κ1) is 19.1. The lowest BCUT2D eigenvalue weighted by Crippen LogP contribution is -2.37. The standard InChI is InChI=1S/C24H21N5O2/c1-2-22(30)18-8-9-19-21(16-18)25-24(26-23(19)28-12-14-31-15-13-28)29-11-10-20(27-29)17-6-4-3-5-7-17/h2-11,16H,1,12-15H2. The molecule has 1 aliphatic rings. The number of hydrogen-bond acceptors (Lipinski definition) is 6. The zero-order chi connectivity index (χ0) is 21.2. The van der Waals surface area contributed by atoms with E-state index >= 15 is 0 Å². The Hall–Kier alpha value is -3.84. The highest BCUT2D eigenvalue weighted by atomic mass is 16.5. The van der Waals surface area contributed by atoms with Crippen molar-refractivity contribution < 1.29 is 9.53 Å². The number of aromatic nitrogens is 4. The summed E-state index contributed by atoms with van der Waals surface area (Å²) in [6, 6.07) is 17.4. The van der Waals surface area contributed by atoms with Gasteiger partial charge in [0, 0.05) is 35.8 Å². The summed E-state index contributed by atoms with van der Waals surface area (Å²) in [5, 5.41) is 5.57. The van der Waals surface area contributed by atoms with Gasteiger partial charge in [-0.3, -0.25) is 4.79 Å². The number of anilines is 1. The Kier molecular flexibility index (Phi) is 5.01. The van der Waals surface area contributed by atoms with E-state index in [0.29, 0.717) is 30.2 Å². The van der Waals surface area contributed by atoms with Crippen LogP contribution in [0, 0.1) is 0 Å². The van der Waals surface area contributed by atoms with Gasteiger partial charge in [0.2, 0.25) is 0 Å². The van der Waals surface area contributed by atoms with Crippen molar-refractivity contribution in [2.45, 2.75) is 0 Å². The van der Waals surface area contributed by atoms with Gasteiger partial charge in [-0.15, -0.1) is 0 Å². The topological polar surface area (TPSA) is 73.1 Å². The summed E-state index contributed by atoms with van der Waals surface area (Å²) < 4.78 is 7.18. The molecule has 0 aliphatic carbocycles. The van der Waals surface area contributed by atoms with Crippen molar-refractivity contribution in [1.82, 2.24) is 19.7 Å². The monoisotopic (exact) mass is 411 g/mol. The summed E-state index contributed by atoms with van der Waals surface area (Å²) in [6.07, 6.45) is 3.16. The summed E-state index contributed by atoms with van der Waals surface area (Å²) >= 11 is 0. The van der Waals surface area contributed by atoms with Crippen molar-refractivity contribution in [2.75, 3.05) is 31.2 Å². The van der Waals surface area contributed by atoms with Gasteiger partial charge >= 0.3 is 0 Å². The van der Waals surface area contributed by atoms with Crippen LogP contribution in [-0.2, 0) is 4.74 Å². The third-order valence-electron chi connectivity index (χ3n) is 5.31. The van der Waals surface area contributed by atoms with Gasteiger partial charge < -0.3 is 9.64 Å². The van der Waals surface area contributed by atoms with Crippen LogP contribution in [0.3, 0.4) is 0 Å². The molecule has 0 unspecified atom stereocenters. The van der Waals surface area contributed by atoms with Crippen LogP contribution >= 0.6 is 0 Å². The zero-order valence-electron chi connectivity index (χ0n) is 16.9. The van der Waals surface area contributed by atoms with Crippen LogP contribution in [0.25, 0.3) is 28.1 Å². The van der Waals surface area contributed by atoms with E-state index in [2.05, 4.69) is 16.6 Å². The van der Waals surface area contributed by atoms with Crippen LogP contribution < -0.4 is 4.90 Å². The summed E-state index contributed by atoms with van der Waals surface area (Å²) in [4.78, 5) is 23.9. The van der Waals surface area contributed by atoms with Crippen LogP contribution in [0.5, 0.6) is 0 Å². The van der Waals surface area contributed by atoms with Gasteiger partial charge in [-0.25, -0.2) is 9.67 Å². The molecule has 7 heteroatoms. The molecule has 0 amide bonds. The van der Waals surface area contributed by atoms with Crippen LogP contribution in [0.15, 0.2) is 73.4 Å². The predicted octanol–water partition coefficient (Wildman–Crippen LogP) is 3.69. The Balaban J connectivity index is 1.64. The van der Waals surface area contributed by atoms with E-state index < -0.39 is 0 Å². The van der Waals surface area contributed by atoms with Gasteiger partial charge in [0.15, 0.2) is 5.78 Å². The molecule has 0 saturated carbocycles. The Morgan fingerprint density at radius 2 is 1.84 bits per heavy atom. The molecule has 0 atom stereocenters. The van der Waals surface area contributed by atoms with Gasteiger partial charge in [0.25, 0.3) is 5.95 Å². The lowest BCUT2D eigenvalue weighted by atomic mass is 10.1. The fourth-order valence-corrected chi connectivity index (χ4v) is 3.69. The average Bonchev–Trinajstić information content (AvgIpc) is 3.34. The quantitative estimate of drug-likeness (QED) is 0.368. The number of ether oxygens (including phenoxy) is 1. The van der Waals surface area contributed by atoms with Crippen LogP contribution in [0.4, 0.5) is 5.82 Å². The van der Waals surface area contributed by atoms with Crippen molar-refractivity contribution in [3.63, 3.8) is 0 Å². The second kappa shape index (κ2) is 8.12. The molecule has 3 heterocycles. The highest BCUT2D eigenvalue weighted by molar-refractivity contribution is 6.06. The Morgan fingerprint density at radius 3 is 2.61 bits per heavy atom. The van der Waals surface area contributed by atoms with Crippen molar-refractivity contribution >= 4 is 22.5 Å². The highest BCUT2D eigenvalue weighted by Crippen LogP contribution is 2.27. The Bertz CT molecular complexity index is 1260. The first-order valence-corrected chi connectivity index (χ1v) is 10.2. The maximum atomic E-state index is 12.2. The SMILES string of the molecule is C=CC(=O)c1ccc2c(N3CCOCC3)nc(-n3ccc(-c4ccccc4)n3)nc2c1. The number of benzene rings is 2. The minimum atomic E-state index is -0.138. The van der Waals surface area contributed by atoms with E-state index in [0.717, 1.165) is 35.6 Å². The fourth-order valence-electron chi connectivity index (χ4n) is 3.69. The van der Waals surface area contributed by atoms with E-state index in [1.54, 1.807) is 16.8 Å². The predicted molar refractivity (Wildman–Crippen MR) is 120 cm³/mol. The maximum Gasteiger partial charge on any atom is 0.253 e. The molecule has 154 valence electrons. The van der Waals surface area contributed by atoms with Crippen LogP contribution in [0.2, 0.25) is 0 Å². The minimum absolute atomic E-state index is 0.138. The summed E-state index contributed by atoms with van der Waals surface area (Å²) in [6.45, 7) is 6.37. The summed E-state index contributed by atoms with van der Waals surface area (Å²) in [5.41, 5.74) is 3.10. The molecule has 0 spiro atoms. The third-order valence-corrected chi connectivity index (χ3v) is 5.31. The lowest BCUT2D eigenvalue weighted by molar-refractivity contribution is 0.104. The number of morpholine rings is 1. The normalized spacial score (nSPS) is 14.0. The largest absolute Gasteiger partial charge is 0.378 e. The second-order valence-corrected chi connectivity index (χ2v) is 7.26. The molecule has 1 aliphatic heterocycles. The smallest absolute Gasteiger partial charge is 0.253 e. The molecule has 2 aromatic heterocycles. The fraction of sp³-hybridized carbons (Fsp3) is 0.167. The van der Waals surface area contributed by atoms with Crippen molar-refractivity contribution in [2.24, 2.45) is 0 Å². The number of carbonyl (C=O) groups excluding carboxylic acids is 1. The summed E-state index contributed by atoms with van der Waals surface area (Å²) in [7, 11) is 0. The van der Waals surface area contributed by atoms with E-state index in [1.807, 2.05) is 48.7 Å². The molecule has 0 radical (unpaired) electrons. The van der Waals surface area contributed by atoms with Crippen molar-refractivity contribution in [3.05, 3.63) is 79.0 Å². The first-order valence-electron chi connectivity index (χ1n) is 10.2. The number of fused-ring (bicyclic) bond motifs is 1. The van der Waals surface area contributed by atoms with Crippen molar-refractivity contribution in [1.29, 1.82) is 0 Å². The number of rotatable bonds is 5.